The van der Waals surface area contributed by atoms with Crippen LogP contribution in [0.5, 0.6) is 0 Å². The van der Waals surface area contributed by atoms with Crippen LogP contribution in [0.2, 0.25) is 5.02 Å². The number of hydrogen-bond acceptors (Lipinski definition) is 3. The Balaban J connectivity index is 1.77. The summed E-state index contributed by atoms with van der Waals surface area (Å²) < 4.78 is 0. The highest BCUT2D eigenvalue weighted by atomic mass is 35.5. The second-order valence-corrected chi connectivity index (χ2v) is 7.32. The summed E-state index contributed by atoms with van der Waals surface area (Å²) in [5.41, 5.74) is -0.549. The first-order valence-corrected chi connectivity index (χ1v) is 8.90. The summed E-state index contributed by atoms with van der Waals surface area (Å²) in [6, 6.07) is 6.36. The zero-order chi connectivity index (χ0) is 18.2. The number of carbonyl (C=O) groups is 3. The highest BCUT2D eigenvalue weighted by Gasteiger charge is 2.49. The van der Waals surface area contributed by atoms with E-state index in [1.54, 1.807) is 36.1 Å². The van der Waals surface area contributed by atoms with Gasteiger partial charge in [-0.2, -0.15) is 0 Å². The molecule has 2 heterocycles. The van der Waals surface area contributed by atoms with Gasteiger partial charge in [0.2, 0.25) is 5.91 Å². The molecule has 4 amide bonds. The molecule has 0 aliphatic carbocycles. The van der Waals surface area contributed by atoms with E-state index in [1.165, 1.54) is 0 Å². The number of urea groups is 1. The standard InChI is InChI=1S/C18H22ClN3O3/c1-12-5-3-4-10-21(12)15(23)11-22-16(24)18(2,20-17(22)25)13-6-8-14(19)9-7-13/h6-9,12H,3-5,10-11H2,1-2H3,(H,20,25)/t12-,18+/m1/s1. The zero-order valence-corrected chi connectivity index (χ0v) is 15.2. The maximum Gasteiger partial charge on any atom is 0.325 e. The minimum atomic E-state index is -1.19. The Morgan fingerprint density at radius 1 is 1.28 bits per heavy atom. The predicted molar refractivity (Wildman–Crippen MR) is 94.1 cm³/mol. The summed E-state index contributed by atoms with van der Waals surface area (Å²) in [6.07, 6.45) is 3.01. The molecule has 2 aliphatic rings. The molecule has 6 nitrogen and oxygen atoms in total. The molecular weight excluding hydrogens is 342 g/mol. The van der Waals surface area contributed by atoms with E-state index in [1.807, 2.05) is 6.92 Å². The van der Waals surface area contributed by atoms with E-state index in [4.69, 9.17) is 11.6 Å². The number of halogens is 1. The summed E-state index contributed by atoms with van der Waals surface area (Å²) in [7, 11) is 0. The van der Waals surface area contributed by atoms with Crippen LogP contribution in [0.1, 0.15) is 38.7 Å². The maximum atomic E-state index is 12.9. The van der Waals surface area contributed by atoms with Crippen molar-refractivity contribution in [2.45, 2.75) is 44.7 Å². The van der Waals surface area contributed by atoms with Gasteiger partial charge in [-0.3, -0.25) is 14.5 Å². The quantitative estimate of drug-likeness (QED) is 0.839. The Morgan fingerprint density at radius 2 is 1.96 bits per heavy atom. The predicted octanol–water partition coefficient (Wildman–Crippen LogP) is 2.51. The number of piperidine rings is 1. The lowest BCUT2D eigenvalue weighted by atomic mass is 9.92. The van der Waals surface area contributed by atoms with Gasteiger partial charge in [-0.05, 0) is 50.8 Å². The lowest BCUT2D eigenvalue weighted by Crippen LogP contribution is -2.48. The Labute approximate surface area is 152 Å². The first-order chi connectivity index (χ1) is 11.8. The molecule has 3 rings (SSSR count). The molecule has 1 aromatic rings. The third-order valence-corrected chi connectivity index (χ3v) is 5.37. The van der Waals surface area contributed by atoms with Crippen LogP contribution >= 0.6 is 11.6 Å². The molecule has 7 heteroatoms. The average molecular weight is 364 g/mol. The molecule has 134 valence electrons. The van der Waals surface area contributed by atoms with E-state index >= 15 is 0 Å². The zero-order valence-electron chi connectivity index (χ0n) is 14.4. The van der Waals surface area contributed by atoms with Gasteiger partial charge < -0.3 is 10.2 Å². The minimum Gasteiger partial charge on any atom is -0.338 e. The van der Waals surface area contributed by atoms with Crippen LogP contribution in [0.25, 0.3) is 0 Å². The molecule has 1 N–H and O–H groups in total. The molecule has 0 spiro atoms. The number of nitrogens with one attached hydrogen (secondary N) is 1. The normalized spacial score (nSPS) is 26.8. The van der Waals surface area contributed by atoms with Crippen molar-refractivity contribution in [3.8, 4) is 0 Å². The van der Waals surface area contributed by atoms with Crippen molar-refractivity contribution >= 4 is 29.4 Å². The third kappa shape index (κ3) is 3.23. The van der Waals surface area contributed by atoms with Crippen molar-refractivity contribution in [1.82, 2.24) is 15.1 Å². The van der Waals surface area contributed by atoms with Crippen LogP contribution < -0.4 is 5.32 Å². The lowest BCUT2D eigenvalue weighted by Gasteiger charge is -2.34. The lowest BCUT2D eigenvalue weighted by molar-refractivity contribution is -0.140. The molecule has 2 fully saturated rings. The van der Waals surface area contributed by atoms with Gasteiger partial charge in [0.1, 0.15) is 12.1 Å². The Morgan fingerprint density at radius 3 is 2.60 bits per heavy atom. The van der Waals surface area contributed by atoms with Crippen molar-refractivity contribution in [2.24, 2.45) is 0 Å². The molecule has 0 saturated carbocycles. The molecule has 0 unspecified atom stereocenters. The van der Waals surface area contributed by atoms with Gasteiger partial charge in [0.25, 0.3) is 5.91 Å². The fourth-order valence-corrected chi connectivity index (χ4v) is 3.64. The number of nitrogens with zero attached hydrogens (tertiary/aromatic N) is 2. The van der Waals surface area contributed by atoms with Gasteiger partial charge >= 0.3 is 6.03 Å². The van der Waals surface area contributed by atoms with Crippen molar-refractivity contribution in [3.05, 3.63) is 34.9 Å². The number of benzene rings is 1. The van der Waals surface area contributed by atoms with Gasteiger partial charge in [-0.1, -0.05) is 23.7 Å². The monoisotopic (exact) mass is 363 g/mol. The molecule has 2 saturated heterocycles. The van der Waals surface area contributed by atoms with E-state index in [-0.39, 0.29) is 18.5 Å². The van der Waals surface area contributed by atoms with Crippen LogP contribution in [0.4, 0.5) is 4.79 Å². The fourth-order valence-electron chi connectivity index (χ4n) is 3.51. The SMILES string of the molecule is C[C@@H]1CCCCN1C(=O)CN1C(=O)N[C@@](C)(c2ccc(Cl)cc2)C1=O. The second-order valence-electron chi connectivity index (χ2n) is 6.89. The molecule has 2 aliphatic heterocycles. The Hall–Kier alpha value is -2.08. The molecule has 0 bridgehead atoms. The first-order valence-electron chi connectivity index (χ1n) is 8.52. The molecular formula is C18H22ClN3O3. The summed E-state index contributed by atoms with van der Waals surface area (Å²) in [5, 5.41) is 3.26. The summed E-state index contributed by atoms with van der Waals surface area (Å²) >= 11 is 5.89. The van der Waals surface area contributed by atoms with Gasteiger partial charge in [0, 0.05) is 17.6 Å². The molecule has 0 radical (unpaired) electrons. The van der Waals surface area contributed by atoms with E-state index < -0.39 is 17.5 Å². The highest BCUT2D eigenvalue weighted by Crippen LogP contribution is 2.30. The summed E-state index contributed by atoms with van der Waals surface area (Å²) in [4.78, 5) is 40.6. The fraction of sp³-hybridized carbons (Fsp3) is 0.500. The third-order valence-electron chi connectivity index (χ3n) is 5.11. The number of rotatable bonds is 3. The molecule has 0 aromatic heterocycles. The minimum absolute atomic E-state index is 0.143. The Bertz CT molecular complexity index is 706. The van der Waals surface area contributed by atoms with Gasteiger partial charge in [0.15, 0.2) is 0 Å². The molecule has 25 heavy (non-hydrogen) atoms. The van der Waals surface area contributed by atoms with Crippen LogP contribution in [-0.4, -0.2) is 46.8 Å². The number of likely N-dealkylation sites (tertiary alicyclic amines) is 1. The van der Waals surface area contributed by atoms with Crippen molar-refractivity contribution < 1.29 is 14.4 Å². The van der Waals surface area contributed by atoms with Crippen molar-refractivity contribution in [2.75, 3.05) is 13.1 Å². The van der Waals surface area contributed by atoms with E-state index in [0.29, 0.717) is 17.1 Å². The van der Waals surface area contributed by atoms with Crippen molar-refractivity contribution in [3.63, 3.8) is 0 Å². The number of hydrogen-bond donors (Lipinski definition) is 1. The van der Waals surface area contributed by atoms with E-state index in [9.17, 15) is 14.4 Å². The highest BCUT2D eigenvalue weighted by molar-refractivity contribution is 6.30. The average Bonchev–Trinajstić information content (AvgIpc) is 2.80. The molecule has 1 aromatic carbocycles. The van der Waals surface area contributed by atoms with Crippen LogP contribution in [0, 0.1) is 0 Å². The van der Waals surface area contributed by atoms with Gasteiger partial charge in [-0.25, -0.2) is 4.79 Å². The van der Waals surface area contributed by atoms with Crippen molar-refractivity contribution in [1.29, 1.82) is 0 Å². The van der Waals surface area contributed by atoms with E-state index in [2.05, 4.69) is 5.32 Å². The van der Waals surface area contributed by atoms with Gasteiger partial charge in [-0.15, -0.1) is 0 Å². The van der Waals surface area contributed by atoms with Crippen LogP contribution in [-0.2, 0) is 15.1 Å². The van der Waals surface area contributed by atoms with E-state index in [0.717, 1.165) is 24.2 Å². The Kier molecular flexibility index (Phi) is 4.73. The molecule has 2 atom stereocenters. The number of carbonyl (C=O) groups excluding carboxylic acids is 3. The van der Waals surface area contributed by atoms with Gasteiger partial charge in [0.05, 0.1) is 0 Å². The smallest absolute Gasteiger partial charge is 0.325 e. The summed E-state index contributed by atoms with van der Waals surface area (Å²) in [5.74, 6) is -0.603. The first kappa shape index (κ1) is 17.7. The number of amides is 4. The second kappa shape index (κ2) is 6.67. The van der Waals surface area contributed by atoms with Crippen LogP contribution in [0.15, 0.2) is 24.3 Å². The summed E-state index contributed by atoms with van der Waals surface area (Å²) in [6.45, 7) is 4.10. The van der Waals surface area contributed by atoms with Crippen LogP contribution in [0.3, 0.4) is 0 Å². The largest absolute Gasteiger partial charge is 0.338 e. The maximum absolute atomic E-state index is 12.9. The topological polar surface area (TPSA) is 69.7 Å². The number of imide groups is 1.